The number of nitrogens with zero attached hydrogens (tertiary/aromatic N) is 1. The fourth-order valence-corrected chi connectivity index (χ4v) is 2.24. The minimum absolute atomic E-state index is 0.900. The molecule has 0 fully saturated rings. The summed E-state index contributed by atoms with van der Waals surface area (Å²) < 4.78 is 0. The summed E-state index contributed by atoms with van der Waals surface area (Å²) in [5.74, 6) is 0. The average molecular weight is 257 g/mol. The molecule has 1 aromatic heterocycles. The highest BCUT2D eigenvalue weighted by molar-refractivity contribution is 5.82. The lowest BCUT2D eigenvalue weighted by Gasteiger charge is -2.09. The summed E-state index contributed by atoms with van der Waals surface area (Å²) in [4.78, 5) is 4.56. The van der Waals surface area contributed by atoms with Gasteiger partial charge in [0.25, 0.3) is 0 Å². The van der Waals surface area contributed by atoms with Crippen LogP contribution in [0.25, 0.3) is 10.9 Å². The third kappa shape index (κ3) is 4.01. The quantitative estimate of drug-likeness (QED) is 0.749. The van der Waals surface area contributed by atoms with Crippen molar-refractivity contribution < 1.29 is 0 Å². The number of fused-ring (bicyclic) bond motifs is 1. The van der Waals surface area contributed by atoms with Gasteiger partial charge in [0.2, 0.25) is 0 Å². The SMILES string of the molecule is CCCNCCNCc1cc(C)nc2ccccc12. The van der Waals surface area contributed by atoms with Crippen molar-refractivity contribution in [1.82, 2.24) is 15.6 Å². The lowest BCUT2D eigenvalue weighted by Crippen LogP contribution is -2.27. The van der Waals surface area contributed by atoms with Gasteiger partial charge in [-0.15, -0.1) is 0 Å². The molecule has 1 aromatic carbocycles. The Morgan fingerprint density at radius 3 is 2.68 bits per heavy atom. The van der Waals surface area contributed by atoms with E-state index in [9.17, 15) is 0 Å². The molecule has 19 heavy (non-hydrogen) atoms. The Morgan fingerprint density at radius 2 is 1.84 bits per heavy atom. The molecule has 0 saturated heterocycles. The van der Waals surface area contributed by atoms with Crippen LogP contribution >= 0.6 is 0 Å². The van der Waals surface area contributed by atoms with Crippen molar-refractivity contribution >= 4 is 10.9 Å². The summed E-state index contributed by atoms with van der Waals surface area (Å²) in [7, 11) is 0. The van der Waals surface area contributed by atoms with Gasteiger partial charge >= 0.3 is 0 Å². The standard InChI is InChI=1S/C16H23N3/c1-3-8-17-9-10-18-12-14-11-13(2)19-16-7-5-4-6-15(14)16/h4-7,11,17-18H,3,8-10,12H2,1-2H3. The van der Waals surface area contributed by atoms with E-state index in [1.54, 1.807) is 0 Å². The maximum Gasteiger partial charge on any atom is 0.0708 e. The van der Waals surface area contributed by atoms with Crippen LogP contribution < -0.4 is 10.6 Å². The third-order valence-electron chi connectivity index (χ3n) is 3.15. The molecule has 2 rings (SSSR count). The molecule has 1 heterocycles. The second kappa shape index (κ2) is 7.22. The minimum atomic E-state index is 0.900. The number of hydrogen-bond donors (Lipinski definition) is 2. The number of para-hydroxylation sites is 1. The zero-order valence-electron chi connectivity index (χ0n) is 11.9. The van der Waals surface area contributed by atoms with Crippen molar-refractivity contribution in [3.8, 4) is 0 Å². The van der Waals surface area contributed by atoms with Gasteiger partial charge < -0.3 is 10.6 Å². The first-order valence-electron chi connectivity index (χ1n) is 7.08. The van der Waals surface area contributed by atoms with Gasteiger partial charge in [0, 0.05) is 30.7 Å². The van der Waals surface area contributed by atoms with Gasteiger partial charge in [-0.25, -0.2) is 0 Å². The topological polar surface area (TPSA) is 37.0 Å². The molecule has 0 radical (unpaired) electrons. The number of aryl methyl sites for hydroxylation is 1. The van der Waals surface area contributed by atoms with E-state index >= 15 is 0 Å². The summed E-state index contributed by atoms with van der Waals surface area (Å²) in [6.07, 6.45) is 1.19. The highest BCUT2D eigenvalue weighted by atomic mass is 14.9. The van der Waals surface area contributed by atoms with Crippen molar-refractivity contribution in [2.24, 2.45) is 0 Å². The Kier molecular flexibility index (Phi) is 5.31. The van der Waals surface area contributed by atoms with Gasteiger partial charge in [0.15, 0.2) is 0 Å². The van der Waals surface area contributed by atoms with Gasteiger partial charge in [0.05, 0.1) is 5.52 Å². The summed E-state index contributed by atoms with van der Waals surface area (Å²) in [6.45, 7) is 8.26. The highest BCUT2D eigenvalue weighted by Crippen LogP contribution is 2.17. The lowest BCUT2D eigenvalue weighted by molar-refractivity contribution is 0.607. The molecule has 0 atom stereocenters. The van der Waals surface area contributed by atoms with Crippen molar-refractivity contribution in [3.63, 3.8) is 0 Å². The van der Waals surface area contributed by atoms with E-state index in [2.05, 4.69) is 53.7 Å². The van der Waals surface area contributed by atoms with Crippen LogP contribution in [0.3, 0.4) is 0 Å². The van der Waals surface area contributed by atoms with Crippen molar-refractivity contribution in [3.05, 3.63) is 41.6 Å². The minimum Gasteiger partial charge on any atom is -0.315 e. The first-order valence-corrected chi connectivity index (χ1v) is 7.08. The van der Waals surface area contributed by atoms with E-state index in [4.69, 9.17) is 0 Å². The summed E-state index contributed by atoms with van der Waals surface area (Å²) in [5.41, 5.74) is 3.50. The smallest absolute Gasteiger partial charge is 0.0708 e. The summed E-state index contributed by atoms with van der Waals surface area (Å²) >= 11 is 0. The number of rotatable bonds is 7. The van der Waals surface area contributed by atoms with Crippen LogP contribution in [0.2, 0.25) is 0 Å². The maximum absolute atomic E-state index is 4.56. The molecular weight excluding hydrogens is 234 g/mol. The number of nitrogens with one attached hydrogen (secondary N) is 2. The Bertz CT molecular complexity index is 522. The molecular formula is C16H23N3. The van der Waals surface area contributed by atoms with Gasteiger partial charge in [-0.1, -0.05) is 25.1 Å². The van der Waals surface area contributed by atoms with E-state index in [0.29, 0.717) is 0 Å². The molecule has 0 aliphatic rings. The van der Waals surface area contributed by atoms with E-state index in [1.165, 1.54) is 17.4 Å². The fourth-order valence-electron chi connectivity index (χ4n) is 2.24. The van der Waals surface area contributed by atoms with Crippen molar-refractivity contribution in [2.45, 2.75) is 26.8 Å². The maximum atomic E-state index is 4.56. The number of pyridine rings is 1. The molecule has 102 valence electrons. The van der Waals surface area contributed by atoms with Crippen molar-refractivity contribution in [1.29, 1.82) is 0 Å². The largest absolute Gasteiger partial charge is 0.315 e. The number of benzene rings is 1. The highest BCUT2D eigenvalue weighted by Gasteiger charge is 2.02. The Labute approximate surface area is 115 Å². The van der Waals surface area contributed by atoms with Crippen LogP contribution in [0.15, 0.2) is 30.3 Å². The van der Waals surface area contributed by atoms with Gasteiger partial charge in [-0.2, -0.15) is 0 Å². The molecule has 0 aliphatic heterocycles. The monoisotopic (exact) mass is 257 g/mol. The van der Waals surface area contributed by atoms with E-state index in [1.807, 2.05) is 6.07 Å². The molecule has 0 unspecified atom stereocenters. The fraction of sp³-hybridized carbons (Fsp3) is 0.438. The number of aromatic nitrogens is 1. The molecule has 0 aliphatic carbocycles. The van der Waals surface area contributed by atoms with Crippen LogP contribution in [-0.4, -0.2) is 24.6 Å². The number of hydrogen-bond acceptors (Lipinski definition) is 3. The molecule has 2 aromatic rings. The molecule has 0 saturated carbocycles. The predicted octanol–water partition coefficient (Wildman–Crippen LogP) is 2.63. The molecule has 0 amide bonds. The molecule has 3 nitrogen and oxygen atoms in total. The van der Waals surface area contributed by atoms with E-state index in [0.717, 1.165) is 37.4 Å². The Balaban J connectivity index is 1.96. The normalized spacial score (nSPS) is 11.1. The predicted molar refractivity (Wildman–Crippen MR) is 81.3 cm³/mol. The molecule has 0 spiro atoms. The second-order valence-electron chi connectivity index (χ2n) is 4.87. The first-order chi connectivity index (χ1) is 9.31. The van der Waals surface area contributed by atoms with Crippen LogP contribution in [-0.2, 0) is 6.54 Å². The van der Waals surface area contributed by atoms with Gasteiger partial charge in [-0.3, -0.25) is 4.98 Å². The van der Waals surface area contributed by atoms with Crippen LogP contribution in [0, 0.1) is 6.92 Å². The molecule has 3 heteroatoms. The van der Waals surface area contributed by atoms with Gasteiger partial charge in [0.1, 0.15) is 0 Å². The average Bonchev–Trinajstić information content (AvgIpc) is 2.42. The molecule has 2 N–H and O–H groups in total. The van der Waals surface area contributed by atoms with Crippen LogP contribution in [0.5, 0.6) is 0 Å². The van der Waals surface area contributed by atoms with E-state index < -0.39 is 0 Å². The Morgan fingerprint density at radius 1 is 1.05 bits per heavy atom. The first kappa shape index (κ1) is 14.0. The Hall–Kier alpha value is -1.45. The van der Waals surface area contributed by atoms with Crippen LogP contribution in [0.1, 0.15) is 24.6 Å². The zero-order valence-corrected chi connectivity index (χ0v) is 11.9. The molecule has 0 bridgehead atoms. The van der Waals surface area contributed by atoms with Crippen LogP contribution in [0.4, 0.5) is 0 Å². The zero-order chi connectivity index (χ0) is 13.5. The van der Waals surface area contributed by atoms with E-state index in [-0.39, 0.29) is 0 Å². The van der Waals surface area contributed by atoms with Gasteiger partial charge in [-0.05, 0) is 37.6 Å². The summed E-state index contributed by atoms with van der Waals surface area (Å²) in [6, 6.07) is 10.5. The second-order valence-corrected chi connectivity index (χ2v) is 4.87. The summed E-state index contributed by atoms with van der Waals surface area (Å²) in [5, 5.41) is 8.14. The lowest BCUT2D eigenvalue weighted by atomic mass is 10.1. The third-order valence-corrected chi connectivity index (χ3v) is 3.15. The van der Waals surface area contributed by atoms with Crippen molar-refractivity contribution in [2.75, 3.05) is 19.6 Å².